The highest BCUT2D eigenvalue weighted by Gasteiger charge is 2.15. The summed E-state index contributed by atoms with van der Waals surface area (Å²) in [6.07, 6.45) is 1.75. The van der Waals surface area contributed by atoms with Gasteiger partial charge in [0.1, 0.15) is 11.6 Å². The summed E-state index contributed by atoms with van der Waals surface area (Å²) in [6.45, 7) is 8.17. The smallest absolute Gasteiger partial charge is 0.234 e. The molecule has 0 aliphatic carbocycles. The van der Waals surface area contributed by atoms with Crippen LogP contribution in [0.15, 0.2) is 53.3 Å². The van der Waals surface area contributed by atoms with Crippen LogP contribution in [-0.2, 0) is 17.1 Å². The Morgan fingerprint density at radius 2 is 1.97 bits per heavy atom. The molecule has 0 saturated carbocycles. The van der Waals surface area contributed by atoms with E-state index < -0.39 is 5.82 Å². The van der Waals surface area contributed by atoms with Gasteiger partial charge in [0.2, 0.25) is 5.91 Å². The monoisotopic (exact) mass is 444 g/mol. The molecule has 0 spiro atoms. The molecule has 3 aromatic rings. The summed E-state index contributed by atoms with van der Waals surface area (Å²) in [5, 5.41) is 12.4. The Morgan fingerprint density at radius 3 is 2.67 bits per heavy atom. The summed E-state index contributed by atoms with van der Waals surface area (Å²) >= 11 is 2.74. The first kappa shape index (κ1) is 22.0. The van der Waals surface area contributed by atoms with Gasteiger partial charge < -0.3 is 9.88 Å². The molecule has 156 valence electrons. The van der Waals surface area contributed by atoms with Crippen molar-refractivity contribution in [3.8, 4) is 0 Å². The first-order valence-corrected chi connectivity index (χ1v) is 11.1. The lowest BCUT2D eigenvalue weighted by Gasteiger charge is -2.08. The minimum atomic E-state index is -0.402. The second-order valence-electron chi connectivity index (χ2n) is 6.37. The Labute approximate surface area is 182 Å². The zero-order valence-electron chi connectivity index (χ0n) is 16.6. The zero-order chi connectivity index (χ0) is 21.5. The molecule has 2 aromatic heterocycles. The standard InChI is InChI=1S/C20H21FN6OS2/c1-4-8-27-17(11-29-19-22-13(2)9-14(3)23-19)25-26-20(27)30-12-18(28)24-16-7-5-6-15(21)10-16/h4-7,9-10H,1,8,11-12H2,2-3H3,(H,24,28). The number of thioether (sulfide) groups is 2. The van der Waals surface area contributed by atoms with Crippen molar-refractivity contribution in [3.63, 3.8) is 0 Å². The largest absolute Gasteiger partial charge is 0.325 e. The molecule has 2 heterocycles. The molecule has 30 heavy (non-hydrogen) atoms. The van der Waals surface area contributed by atoms with E-state index >= 15 is 0 Å². The van der Waals surface area contributed by atoms with Gasteiger partial charge in [0, 0.05) is 23.6 Å². The lowest BCUT2D eigenvalue weighted by Crippen LogP contribution is -2.15. The number of rotatable bonds is 9. The van der Waals surface area contributed by atoms with Gasteiger partial charge in [-0.15, -0.1) is 16.8 Å². The predicted octanol–water partition coefficient (Wildman–Crippen LogP) is 4.03. The maximum Gasteiger partial charge on any atom is 0.234 e. The number of benzene rings is 1. The van der Waals surface area contributed by atoms with Gasteiger partial charge in [-0.25, -0.2) is 14.4 Å². The van der Waals surface area contributed by atoms with Crippen LogP contribution < -0.4 is 5.32 Å². The van der Waals surface area contributed by atoms with Gasteiger partial charge in [0.05, 0.1) is 11.5 Å². The lowest BCUT2D eigenvalue weighted by molar-refractivity contribution is -0.113. The van der Waals surface area contributed by atoms with Crippen LogP contribution in [0.4, 0.5) is 10.1 Å². The molecule has 10 heteroatoms. The van der Waals surface area contributed by atoms with E-state index in [1.807, 2.05) is 24.5 Å². The van der Waals surface area contributed by atoms with Crippen LogP contribution in [0.25, 0.3) is 0 Å². The van der Waals surface area contributed by atoms with Crippen LogP contribution in [0.3, 0.4) is 0 Å². The average molecular weight is 445 g/mol. The third-order valence-corrected chi connectivity index (χ3v) is 5.65. The molecule has 1 N–H and O–H groups in total. The van der Waals surface area contributed by atoms with Crippen LogP contribution in [-0.4, -0.2) is 36.4 Å². The number of aromatic nitrogens is 5. The van der Waals surface area contributed by atoms with E-state index in [9.17, 15) is 9.18 Å². The SMILES string of the molecule is C=CCn1c(CSc2nc(C)cc(C)n2)nnc1SCC(=O)Nc1cccc(F)c1. The third-order valence-electron chi connectivity index (χ3n) is 3.84. The molecule has 0 unspecified atom stereocenters. The molecule has 1 amide bonds. The Bertz CT molecular complexity index is 1040. The van der Waals surface area contributed by atoms with Gasteiger partial charge >= 0.3 is 0 Å². The summed E-state index contributed by atoms with van der Waals surface area (Å²) in [4.78, 5) is 21.0. The number of anilines is 1. The second-order valence-corrected chi connectivity index (χ2v) is 8.25. The van der Waals surface area contributed by atoms with Crippen LogP contribution in [0.2, 0.25) is 0 Å². The highest BCUT2D eigenvalue weighted by atomic mass is 32.2. The molecule has 0 atom stereocenters. The van der Waals surface area contributed by atoms with Gasteiger partial charge in [0.25, 0.3) is 0 Å². The van der Waals surface area contributed by atoms with E-state index in [2.05, 4.69) is 32.1 Å². The number of nitrogens with one attached hydrogen (secondary N) is 1. The number of hydrogen-bond acceptors (Lipinski definition) is 7. The number of carbonyl (C=O) groups is 1. The molecule has 0 aliphatic rings. The van der Waals surface area contributed by atoms with Gasteiger partial charge in [-0.3, -0.25) is 4.79 Å². The first-order chi connectivity index (χ1) is 14.4. The average Bonchev–Trinajstić information content (AvgIpc) is 3.06. The molecular formula is C20H21FN6OS2. The van der Waals surface area contributed by atoms with Crippen LogP contribution in [0.5, 0.6) is 0 Å². The topological polar surface area (TPSA) is 85.6 Å². The maximum atomic E-state index is 13.2. The highest BCUT2D eigenvalue weighted by molar-refractivity contribution is 7.99. The second kappa shape index (κ2) is 10.4. The molecule has 7 nitrogen and oxygen atoms in total. The van der Waals surface area contributed by atoms with Crippen molar-refractivity contribution in [2.24, 2.45) is 0 Å². The number of nitrogens with zero attached hydrogens (tertiary/aromatic N) is 5. The molecule has 1 aromatic carbocycles. The number of allylic oxidation sites excluding steroid dienone is 1. The van der Waals surface area contributed by atoms with Gasteiger partial charge in [0.15, 0.2) is 10.3 Å². The maximum absolute atomic E-state index is 13.2. The molecule has 0 fully saturated rings. The van der Waals surface area contributed by atoms with E-state index in [-0.39, 0.29) is 11.7 Å². The quantitative estimate of drug-likeness (QED) is 0.303. The summed E-state index contributed by atoms with van der Waals surface area (Å²) in [5.41, 5.74) is 2.25. The normalized spacial score (nSPS) is 10.8. The van der Waals surface area contributed by atoms with E-state index in [1.54, 1.807) is 18.2 Å². The Morgan fingerprint density at radius 1 is 1.20 bits per heavy atom. The predicted molar refractivity (Wildman–Crippen MR) is 117 cm³/mol. The van der Waals surface area contributed by atoms with Crippen molar-refractivity contribution in [1.29, 1.82) is 0 Å². The van der Waals surface area contributed by atoms with Crippen LogP contribution in [0.1, 0.15) is 17.2 Å². The van der Waals surface area contributed by atoms with Gasteiger partial charge in [-0.05, 0) is 38.1 Å². The first-order valence-electron chi connectivity index (χ1n) is 9.11. The minimum absolute atomic E-state index is 0.124. The van der Waals surface area contributed by atoms with Gasteiger partial charge in [-0.1, -0.05) is 35.7 Å². The minimum Gasteiger partial charge on any atom is -0.325 e. The molecule has 0 saturated heterocycles. The molecule has 0 bridgehead atoms. The molecule has 0 aliphatic heterocycles. The fraction of sp³-hybridized carbons (Fsp3) is 0.250. The Hall–Kier alpha value is -2.72. The Balaban J connectivity index is 1.63. The number of halogens is 1. The van der Waals surface area contributed by atoms with E-state index in [0.717, 1.165) is 17.2 Å². The molecule has 3 rings (SSSR count). The van der Waals surface area contributed by atoms with E-state index in [0.29, 0.717) is 28.3 Å². The van der Waals surface area contributed by atoms with Crippen molar-refractivity contribution in [3.05, 3.63) is 66.0 Å². The van der Waals surface area contributed by atoms with E-state index in [4.69, 9.17) is 0 Å². The fourth-order valence-corrected chi connectivity index (χ4v) is 4.28. The summed E-state index contributed by atoms with van der Waals surface area (Å²) in [6, 6.07) is 7.70. The number of amides is 1. The van der Waals surface area contributed by atoms with Crippen molar-refractivity contribution in [2.75, 3.05) is 11.1 Å². The zero-order valence-corrected chi connectivity index (χ0v) is 18.3. The van der Waals surface area contributed by atoms with Crippen LogP contribution in [0, 0.1) is 19.7 Å². The highest BCUT2D eigenvalue weighted by Crippen LogP contribution is 2.23. The third kappa shape index (κ3) is 6.14. The fourth-order valence-electron chi connectivity index (χ4n) is 2.63. The summed E-state index contributed by atoms with van der Waals surface area (Å²) in [5.74, 6) is 0.758. The van der Waals surface area contributed by atoms with Crippen molar-refractivity contribution < 1.29 is 9.18 Å². The van der Waals surface area contributed by atoms with E-state index in [1.165, 1.54) is 35.7 Å². The summed E-state index contributed by atoms with van der Waals surface area (Å²) < 4.78 is 15.2. The number of carbonyl (C=O) groups excluding carboxylic acids is 1. The van der Waals surface area contributed by atoms with Crippen molar-refractivity contribution in [1.82, 2.24) is 24.7 Å². The Kier molecular flexibility index (Phi) is 7.58. The number of hydrogen-bond donors (Lipinski definition) is 1. The molecular weight excluding hydrogens is 423 g/mol. The van der Waals surface area contributed by atoms with Crippen molar-refractivity contribution in [2.45, 2.75) is 36.5 Å². The lowest BCUT2D eigenvalue weighted by atomic mass is 10.3. The van der Waals surface area contributed by atoms with Crippen molar-refractivity contribution >= 4 is 35.1 Å². The summed E-state index contributed by atoms with van der Waals surface area (Å²) in [7, 11) is 0. The van der Waals surface area contributed by atoms with Gasteiger partial charge in [-0.2, -0.15) is 0 Å². The van der Waals surface area contributed by atoms with Crippen LogP contribution >= 0.6 is 23.5 Å². The molecule has 0 radical (unpaired) electrons. The number of aryl methyl sites for hydroxylation is 2.